The normalized spacial score (nSPS) is 10.9. The molecule has 0 fully saturated rings. The van der Waals surface area contributed by atoms with Gasteiger partial charge in [-0.3, -0.25) is 0 Å². The summed E-state index contributed by atoms with van der Waals surface area (Å²) in [7, 11) is 0. The first-order chi connectivity index (χ1) is 9.11. The van der Waals surface area contributed by atoms with Crippen LogP contribution >= 0.6 is 38.9 Å². The van der Waals surface area contributed by atoms with Crippen LogP contribution in [0, 0.1) is 6.92 Å². The molecule has 3 rings (SSSR count). The maximum absolute atomic E-state index is 6.21. The lowest BCUT2D eigenvalue weighted by Gasteiger charge is -2.05. The highest BCUT2D eigenvalue weighted by Crippen LogP contribution is 2.32. The van der Waals surface area contributed by atoms with Crippen molar-refractivity contribution in [2.24, 2.45) is 0 Å². The van der Waals surface area contributed by atoms with E-state index in [1.54, 1.807) is 11.3 Å². The quantitative estimate of drug-likeness (QED) is 0.633. The molecule has 0 bridgehead atoms. The van der Waals surface area contributed by atoms with Gasteiger partial charge in [-0.2, -0.15) is 0 Å². The Kier molecular flexibility index (Phi) is 3.48. The van der Waals surface area contributed by atoms with E-state index in [1.807, 2.05) is 37.3 Å². The highest BCUT2D eigenvalue weighted by molar-refractivity contribution is 9.10. The van der Waals surface area contributed by atoms with E-state index in [0.717, 1.165) is 31.1 Å². The van der Waals surface area contributed by atoms with E-state index in [1.165, 1.54) is 0 Å². The van der Waals surface area contributed by atoms with Gasteiger partial charge in [0.1, 0.15) is 0 Å². The van der Waals surface area contributed by atoms with E-state index in [0.29, 0.717) is 5.02 Å². The molecule has 1 N–H and O–H groups in total. The molecule has 1 aromatic heterocycles. The second kappa shape index (κ2) is 5.12. The second-order valence-electron chi connectivity index (χ2n) is 4.24. The summed E-state index contributed by atoms with van der Waals surface area (Å²) in [6, 6.07) is 12.0. The Labute approximate surface area is 128 Å². The Balaban J connectivity index is 1.96. The van der Waals surface area contributed by atoms with Crippen molar-refractivity contribution in [2.45, 2.75) is 6.92 Å². The van der Waals surface area contributed by atoms with Crippen molar-refractivity contribution in [1.82, 2.24) is 4.98 Å². The summed E-state index contributed by atoms with van der Waals surface area (Å²) in [6.45, 7) is 2.02. The largest absolute Gasteiger partial charge is 0.330 e. The lowest BCUT2D eigenvalue weighted by molar-refractivity contribution is 1.42. The average molecular weight is 354 g/mol. The highest BCUT2D eigenvalue weighted by Gasteiger charge is 2.06. The number of fused-ring (bicyclic) bond motifs is 1. The maximum Gasteiger partial charge on any atom is 0.188 e. The molecule has 0 atom stereocenters. The molecule has 19 heavy (non-hydrogen) atoms. The van der Waals surface area contributed by atoms with E-state index in [-0.39, 0.29) is 0 Å². The van der Waals surface area contributed by atoms with Gasteiger partial charge < -0.3 is 5.32 Å². The molecule has 1 heterocycles. The minimum absolute atomic E-state index is 0.709. The van der Waals surface area contributed by atoms with Crippen LogP contribution in [0.5, 0.6) is 0 Å². The first-order valence-corrected chi connectivity index (χ1v) is 7.70. The molecule has 2 nitrogen and oxygen atoms in total. The molecule has 2 aromatic carbocycles. The van der Waals surface area contributed by atoms with Gasteiger partial charge in [-0.25, -0.2) is 4.98 Å². The number of nitrogens with zero attached hydrogens (tertiary/aromatic N) is 1. The Bertz CT molecular complexity index is 754. The molecule has 0 saturated heterocycles. The summed E-state index contributed by atoms with van der Waals surface area (Å²) in [6.07, 6.45) is 0. The fourth-order valence-corrected chi connectivity index (χ4v) is 3.50. The number of hydrogen-bond acceptors (Lipinski definition) is 3. The van der Waals surface area contributed by atoms with Crippen molar-refractivity contribution < 1.29 is 0 Å². The number of halogens is 2. The number of anilines is 2. The molecule has 0 aliphatic heterocycles. The highest BCUT2D eigenvalue weighted by atomic mass is 79.9. The van der Waals surface area contributed by atoms with Crippen LogP contribution in [0.1, 0.15) is 5.56 Å². The van der Waals surface area contributed by atoms with Crippen LogP contribution in [0.3, 0.4) is 0 Å². The van der Waals surface area contributed by atoms with Gasteiger partial charge in [-0.15, -0.1) is 0 Å². The van der Waals surface area contributed by atoms with Crippen molar-refractivity contribution in [3.8, 4) is 0 Å². The molecule has 5 heteroatoms. The smallest absolute Gasteiger partial charge is 0.188 e. The number of rotatable bonds is 2. The number of aromatic nitrogens is 1. The molecule has 3 aromatic rings. The van der Waals surface area contributed by atoms with Crippen LogP contribution < -0.4 is 5.32 Å². The number of aryl methyl sites for hydroxylation is 1. The van der Waals surface area contributed by atoms with Gasteiger partial charge in [0.25, 0.3) is 0 Å². The van der Waals surface area contributed by atoms with E-state index in [2.05, 4.69) is 32.3 Å². The lowest BCUT2D eigenvalue weighted by Crippen LogP contribution is -1.90. The Morgan fingerprint density at radius 3 is 2.84 bits per heavy atom. The molecule has 0 radical (unpaired) electrons. The van der Waals surface area contributed by atoms with Gasteiger partial charge in [0.05, 0.1) is 20.9 Å². The number of nitrogens with one attached hydrogen (secondary N) is 1. The van der Waals surface area contributed by atoms with E-state index < -0.39 is 0 Å². The Morgan fingerprint density at radius 1 is 1.21 bits per heavy atom. The third kappa shape index (κ3) is 2.76. The molecule has 0 unspecified atom stereocenters. The van der Waals surface area contributed by atoms with Gasteiger partial charge in [0.2, 0.25) is 0 Å². The fourth-order valence-electron chi connectivity index (χ4n) is 1.79. The van der Waals surface area contributed by atoms with Gasteiger partial charge >= 0.3 is 0 Å². The Morgan fingerprint density at radius 2 is 2.05 bits per heavy atom. The summed E-state index contributed by atoms with van der Waals surface area (Å²) in [5.41, 5.74) is 3.01. The third-order valence-corrected chi connectivity index (χ3v) is 4.46. The number of thiazole rings is 1. The van der Waals surface area contributed by atoms with Crippen molar-refractivity contribution in [3.05, 3.63) is 51.5 Å². The lowest BCUT2D eigenvalue weighted by atomic mass is 10.2. The van der Waals surface area contributed by atoms with Gasteiger partial charge in [0.15, 0.2) is 5.13 Å². The van der Waals surface area contributed by atoms with Crippen LogP contribution in [0.15, 0.2) is 40.9 Å². The van der Waals surface area contributed by atoms with E-state index >= 15 is 0 Å². The summed E-state index contributed by atoms with van der Waals surface area (Å²) in [5, 5.41) is 4.82. The number of benzene rings is 2. The zero-order chi connectivity index (χ0) is 13.4. The van der Waals surface area contributed by atoms with E-state index in [4.69, 9.17) is 11.6 Å². The summed E-state index contributed by atoms with van der Waals surface area (Å²) in [4.78, 5) is 4.54. The molecule has 0 saturated carbocycles. The van der Waals surface area contributed by atoms with Crippen molar-refractivity contribution >= 4 is 59.9 Å². The van der Waals surface area contributed by atoms with Gasteiger partial charge in [-0.1, -0.05) is 44.9 Å². The van der Waals surface area contributed by atoms with Crippen LogP contribution in [0.25, 0.3) is 10.2 Å². The Hall–Kier alpha value is -1.10. The predicted molar refractivity (Wildman–Crippen MR) is 86.8 cm³/mol. The number of hydrogen-bond donors (Lipinski definition) is 1. The van der Waals surface area contributed by atoms with Crippen LogP contribution in [0.4, 0.5) is 10.8 Å². The van der Waals surface area contributed by atoms with Crippen molar-refractivity contribution in [1.29, 1.82) is 0 Å². The SMILES string of the molecule is Cc1ccc(Nc2nc3ccc(Br)cc3s2)c(Cl)c1. The second-order valence-corrected chi connectivity index (χ2v) is 6.59. The van der Waals surface area contributed by atoms with Gasteiger partial charge in [0, 0.05) is 4.47 Å². The molecular weight excluding hydrogens is 344 g/mol. The van der Waals surface area contributed by atoms with Crippen molar-refractivity contribution in [3.63, 3.8) is 0 Å². The van der Waals surface area contributed by atoms with Crippen LogP contribution in [-0.4, -0.2) is 4.98 Å². The van der Waals surface area contributed by atoms with Crippen molar-refractivity contribution in [2.75, 3.05) is 5.32 Å². The maximum atomic E-state index is 6.21. The summed E-state index contributed by atoms with van der Waals surface area (Å²) >= 11 is 11.3. The summed E-state index contributed by atoms with van der Waals surface area (Å²) < 4.78 is 2.20. The fraction of sp³-hybridized carbons (Fsp3) is 0.0714. The molecule has 0 aliphatic carbocycles. The minimum Gasteiger partial charge on any atom is -0.330 e. The molecular formula is C14H10BrClN2S. The standard InChI is InChI=1S/C14H10BrClN2S/c1-8-2-4-11(10(16)6-8)17-14-18-12-5-3-9(15)7-13(12)19-14/h2-7H,1H3,(H,17,18). The zero-order valence-corrected chi connectivity index (χ0v) is 13.2. The van der Waals surface area contributed by atoms with Crippen LogP contribution in [0.2, 0.25) is 5.02 Å². The third-order valence-electron chi connectivity index (χ3n) is 2.72. The predicted octanol–water partition coefficient (Wildman–Crippen LogP) is 5.76. The molecule has 0 spiro atoms. The average Bonchev–Trinajstić information content (AvgIpc) is 2.74. The topological polar surface area (TPSA) is 24.9 Å². The molecule has 0 aliphatic rings. The molecule has 96 valence electrons. The zero-order valence-electron chi connectivity index (χ0n) is 10.1. The molecule has 0 amide bonds. The van der Waals surface area contributed by atoms with E-state index in [9.17, 15) is 0 Å². The minimum atomic E-state index is 0.709. The van der Waals surface area contributed by atoms with Crippen LogP contribution in [-0.2, 0) is 0 Å². The first-order valence-electron chi connectivity index (χ1n) is 5.71. The summed E-state index contributed by atoms with van der Waals surface area (Å²) in [5.74, 6) is 0. The first kappa shape index (κ1) is 12.9. The monoisotopic (exact) mass is 352 g/mol. The van der Waals surface area contributed by atoms with Gasteiger partial charge in [-0.05, 0) is 42.8 Å².